The molecule has 0 saturated carbocycles. The van der Waals surface area contributed by atoms with Crippen molar-refractivity contribution in [1.82, 2.24) is 9.71 Å². The van der Waals surface area contributed by atoms with Crippen LogP contribution in [0.15, 0.2) is 10.4 Å². The van der Waals surface area contributed by atoms with E-state index in [1.807, 2.05) is 0 Å². The van der Waals surface area contributed by atoms with Crippen molar-refractivity contribution in [2.24, 2.45) is 0 Å². The van der Waals surface area contributed by atoms with Crippen molar-refractivity contribution in [3.05, 3.63) is 10.7 Å². The lowest BCUT2D eigenvalue weighted by molar-refractivity contribution is 0.0223. The molecule has 0 unspecified atom stereocenters. The molecule has 2 N–H and O–H groups in total. The fourth-order valence-electron chi connectivity index (χ4n) is 1.75. The molecule has 1 aliphatic rings. The number of hydrogen-bond acceptors (Lipinski definition) is 6. The Balaban J connectivity index is 2.21. The number of thiazole rings is 1. The van der Waals surface area contributed by atoms with Gasteiger partial charge in [-0.3, -0.25) is 0 Å². The third-order valence-corrected chi connectivity index (χ3v) is 5.98. The molecular weight excluding hydrogens is 300 g/mol. The van der Waals surface area contributed by atoms with E-state index >= 15 is 0 Å². The topological polar surface area (TPSA) is 88.5 Å². The van der Waals surface area contributed by atoms with Crippen molar-refractivity contribution in [2.75, 3.05) is 19.8 Å². The first-order valence-electron chi connectivity index (χ1n) is 5.31. The zero-order valence-corrected chi connectivity index (χ0v) is 11.8. The number of hydrogen-bond donors (Lipinski definition) is 2. The predicted molar refractivity (Wildman–Crippen MR) is 67.3 cm³/mol. The maximum atomic E-state index is 12.1. The maximum Gasteiger partial charge on any atom is 0.252 e. The van der Waals surface area contributed by atoms with Gasteiger partial charge in [-0.05, 0) is 12.8 Å². The largest absolute Gasteiger partial charge is 0.394 e. The van der Waals surface area contributed by atoms with Crippen molar-refractivity contribution < 1.29 is 18.3 Å². The van der Waals surface area contributed by atoms with Gasteiger partial charge in [-0.2, -0.15) is 0 Å². The van der Waals surface area contributed by atoms with Crippen LogP contribution in [-0.2, 0) is 14.8 Å². The Bertz CT molecular complexity index is 510. The van der Waals surface area contributed by atoms with Crippen LogP contribution in [0, 0.1) is 0 Å². The van der Waals surface area contributed by atoms with E-state index in [0.29, 0.717) is 26.1 Å². The summed E-state index contributed by atoms with van der Waals surface area (Å²) >= 11 is 6.51. The Morgan fingerprint density at radius 3 is 2.72 bits per heavy atom. The van der Waals surface area contributed by atoms with Crippen LogP contribution in [-0.4, -0.2) is 43.9 Å². The van der Waals surface area contributed by atoms with Crippen LogP contribution in [0.1, 0.15) is 12.8 Å². The van der Waals surface area contributed by atoms with Crippen LogP contribution in [0.2, 0.25) is 4.47 Å². The highest BCUT2D eigenvalue weighted by Gasteiger charge is 2.37. The van der Waals surface area contributed by atoms with Gasteiger partial charge in [-0.1, -0.05) is 22.9 Å². The minimum Gasteiger partial charge on any atom is -0.394 e. The molecule has 0 radical (unpaired) electrons. The van der Waals surface area contributed by atoms with Gasteiger partial charge in [0.2, 0.25) is 0 Å². The van der Waals surface area contributed by atoms with Crippen molar-refractivity contribution in [3.8, 4) is 0 Å². The van der Waals surface area contributed by atoms with Gasteiger partial charge in [-0.25, -0.2) is 18.1 Å². The van der Waals surface area contributed by atoms with E-state index in [2.05, 4.69) is 9.71 Å². The molecule has 0 bridgehead atoms. The summed E-state index contributed by atoms with van der Waals surface area (Å²) in [6, 6.07) is 0. The standard InChI is InChI=1S/C9H13ClN2O4S2/c10-8-11-5-7(17-8)18(14,15)12-9(6-13)1-3-16-4-2-9/h5,12-13H,1-4,6H2. The minimum absolute atomic E-state index is 0.0480. The highest BCUT2D eigenvalue weighted by Crippen LogP contribution is 2.27. The lowest BCUT2D eigenvalue weighted by Gasteiger charge is -2.35. The van der Waals surface area contributed by atoms with E-state index in [1.54, 1.807) is 0 Å². The fraction of sp³-hybridized carbons (Fsp3) is 0.667. The van der Waals surface area contributed by atoms with E-state index in [9.17, 15) is 13.5 Å². The SMILES string of the molecule is O=S(=O)(NC1(CO)CCOCC1)c1cnc(Cl)s1. The first kappa shape index (κ1) is 14.2. The zero-order chi connectivity index (χ0) is 13.2. The van der Waals surface area contributed by atoms with Crippen LogP contribution in [0.5, 0.6) is 0 Å². The number of ether oxygens (including phenoxy) is 1. The molecule has 1 aromatic heterocycles. The minimum atomic E-state index is -3.70. The van der Waals surface area contributed by atoms with Gasteiger partial charge in [-0.15, -0.1) is 0 Å². The van der Waals surface area contributed by atoms with Crippen LogP contribution < -0.4 is 4.72 Å². The summed E-state index contributed by atoms with van der Waals surface area (Å²) in [7, 11) is -3.70. The zero-order valence-electron chi connectivity index (χ0n) is 9.43. The third-order valence-electron chi connectivity index (χ3n) is 2.82. The second-order valence-electron chi connectivity index (χ2n) is 4.09. The molecule has 0 atom stereocenters. The van der Waals surface area contributed by atoms with Crippen LogP contribution in [0.4, 0.5) is 0 Å². The van der Waals surface area contributed by atoms with Gasteiger partial charge in [0.1, 0.15) is 0 Å². The number of halogens is 1. The Hall–Kier alpha value is -0.250. The first-order valence-corrected chi connectivity index (χ1v) is 7.99. The molecule has 0 aromatic carbocycles. The van der Waals surface area contributed by atoms with Gasteiger partial charge in [0, 0.05) is 13.2 Å². The summed E-state index contributed by atoms with van der Waals surface area (Å²) in [5.74, 6) is 0. The van der Waals surface area contributed by atoms with Gasteiger partial charge >= 0.3 is 0 Å². The summed E-state index contributed by atoms with van der Waals surface area (Å²) in [4.78, 5) is 3.70. The Morgan fingerprint density at radius 1 is 1.56 bits per heavy atom. The smallest absolute Gasteiger partial charge is 0.252 e. The van der Waals surface area contributed by atoms with Crippen molar-refractivity contribution in [3.63, 3.8) is 0 Å². The molecular formula is C9H13ClN2O4S2. The maximum absolute atomic E-state index is 12.1. The average molecular weight is 313 g/mol. The molecule has 6 nitrogen and oxygen atoms in total. The van der Waals surface area contributed by atoms with Crippen LogP contribution in [0.25, 0.3) is 0 Å². The number of sulfonamides is 1. The fourth-order valence-corrected chi connectivity index (χ4v) is 4.50. The Labute approximate surface area is 114 Å². The highest BCUT2D eigenvalue weighted by molar-refractivity contribution is 7.91. The van der Waals surface area contributed by atoms with Gasteiger partial charge in [0.05, 0.1) is 18.3 Å². The average Bonchev–Trinajstić information content (AvgIpc) is 2.77. The summed E-state index contributed by atoms with van der Waals surface area (Å²) in [5, 5.41) is 9.44. The molecule has 9 heteroatoms. The van der Waals surface area contributed by atoms with E-state index in [4.69, 9.17) is 16.3 Å². The van der Waals surface area contributed by atoms with E-state index in [0.717, 1.165) is 11.3 Å². The summed E-state index contributed by atoms with van der Waals surface area (Å²) in [6.45, 7) is 0.585. The van der Waals surface area contributed by atoms with Crippen LogP contribution in [0.3, 0.4) is 0 Å². The molecule has 1 aromatic rings. The second kappa shape index (κ2) is 5.40. The predicted octanol–water partition coefficient (Wildman–Crippen LogP) is 0.616. The van der Waals surface area contributed by atoms with Gasteiger partial charge in [0.15, 0.2) is 8.68 Å². The highest BCUT2D eigenvalue weighted by atomic mass is 35.5. The lowest BCUT2D eigenvalue weighted by atomic mass is 9.93. The number of aliphatic hydroxyl groups excluding tert-OH is 1. The van der Waals surface area contributed by atoms with E-state index in [1.165, 1.54) is 6.20 Å². The number of nitrogens with zero attached hydrogens (tertiary/aromatic N) is 1. The number of aromatic nitrogens is 1. The molecule has 1 aliphatic heterocycles. The third kappa shape index (κ3) is 3.01. The van der Waals surface area contributed by atoms with E-state index < -0.39 is 15.6 Å². The number of nitrogens with one attached hydrogen (secondary N) is 1. The molecule has 1 fully saturated rings. The molecule has 18 heavy (non-hydrogen) atoms. The second-order valence-corrected chi connectivity index (χ2v) is 7.61. The molecule has 0 spiro atoms. The Morgan fingerprint density at radius 2 is 2.22 bits per heavy atom. The molecule has 0 aliphatic carbocycles. The Kier molecular flexibility index (Phi) is 4.25. The summed E-state index contributed by atoms with van der Waals surface area (Å²) < 4.78 is 32.2. The van der Waals surface area contributed by atoms with Gasteiger partial charge < -0.3 is 9.84 Å². The van der Waals surface area contributed by atoms with Crippen molar-refractivity contribution >= 4 is 33.0 Å². The quantitative estimate of drug-likeness (QED) is 0.850. The monoisotopic (exact) mass is 312 g/mol. The molecule has 2 rings (SSSR count). The number of rotatable bonds is 4. The van der Waals surface area contributed by atoms with E-state index in [-0.39, 0.29) is 15.3 Å². The molecule has 1 saturated heterocycles. The molecule has 2 heterocycles. The van der Waals surface area contributed by atoms with Crippen molar-refractivity contribution in [2.45, 2.75) is 22.6 Å². The normalized spacial score (nSPS) is 19.9. The number of aliphatic hydroxyl groups is 1. The molecule has 0 amide bonds. The molecule has 102 valence electrons. The lowest BCUT2D eigenvalue weighted by Crippen LogP contribution is -2.54. The van der Waals surface area contributed by atoms with Crippen molar-refractivity contribution in [1.29, 1.82) is 0 Å². The first-order chi connectivity index (χ1) is 8.47. The summed E-state index contributed by atoms with van der Waals surface area (Å²) in [5.41, 5.74) is -0.854. The van der Waals surface area contributed by atoms with Gasteiger partial charge in [0.25, 0.3) is 10.0 Å². The summed E-state index contributed by atoms with van der Waals surface area (Å²) in [6.07, 6.45) is 2.09. The van der Waals surface area contributed by atoms with Crippen LogP contribution >= 0.6 is 22.9 Å².